The Balaban J connectivity index is 4.82. The van der Waals surface area contributed by atoms with Gasteiger partial charge in [-0.25, -0.2) is 8.78 Å². The largest absolute Gasteiger partial charge is 0.459 e. The third-order valence-corrected chi connectivity index (χ3v) is 2.08. The molecule has 0 aromatic carbocycles. The maximum Gasteiger partial charge on any atom is 0.381 e. The van der Waals surface area contributed by atoms with Gasteiger partial charge in [0.15, 0.2) is 6.61 Å². The maximum absolute atomic E-state index is 12.9. The molecule has 11 heteroatoms. The van der Waals surface area contributed by atoms with E-state index in [9.17, 15) is 39.9 Å². The summed E-state index contributed by atoms with van der Waals surface area (Å²) < 4.78 is 107. The van der Waals surface area contributed by atoms with E-state index in [0.29, 0.717) is 0 Å². The summed E-state index contributed by atoms with van der Waals surface area (Å²) in [5.74, 6) is -19.7. The molecule has 0 aliphatic rings. The minimum Gasteiger partial charge on any atom is -0.459 e. The molecule has 0 N–H and O–H groups in total. The second-order valence-corrected chi connectivity index (χ2v) is 3.61. The Morgan fingerprint density at radius 1 is 1.10 bits per heavy atom. The second kappa shape index (κ2) is 6.55. The predicted octanol–water partition coefficient (Wildman–Crippen LogP) is 2.74. The van der Waals surface area contributed by atoms with Gasteiger partial charge >= 0.3 is 30.2 Å². The lowest BCUT2D eigenvalue weighted by atomic mass is 10.1. The molecule has 0 atom stereocenters. The van der Waals surface area contributed by atoms with Crippen LogP contribution in [0.5, 0.6) is 0 Å². The summed E-state index contributed by atoms with van der Waals surface area (Å²) in [7, 11) is 1.14. The van der Waals surface area contributed by atoms with Crippen molar-refractivity contribution < 1.29 is 49.4 Å². The van der Waals surface area contributed by atoms with Crippen molar-refractivity contribution in [2.75, 3.05) is 20.3 Å². The summed E-state index contributed by atoms with van der Waals surface area (Å²) in [4.78, 5) is 10.7. The van der Waals surface area contributed by atoms with E-state index in [1.54, 1.807) is 0 Å². The van der Waals surface area contributed by atoms with Gasteiger partial charge in [-0.3, -0.25) is 4.79 Å². The molecule has 0 fully saturated rings. The first-order chi connectivity index (χ1) is 8.90. The number of hydrogen-bond acceptors (Lipinski definition) is 3. The number of methoxy groups -OCH3 is 1. The van der Waals surface area contributed by atoms with Crippen LogP contribution in [0.4, 0.5) is 35.1 Å². The fourth-order valence-electron chi connectivity index (χ4n) is 0.900. The second-order valence-electron chi connectivity index (χ2n) is 3.61. The van der Waals surface area contributed by atoms with Crippen molar-refractivity contribution in [2.24, 2.45) is 0 Å². The Hall–Kier alpha value is -1.13. The van der Waals surface area contributed by atoms with Crippen molar-refractivity contribution in [2.45, 2.75) is 30.6 Å². The van der Waals surface area contributed by atoms with Crippen LogP contribution in [0.3, 0.4) is 0 Å². The first-order valence-electron chi connectivity index (χ1n) is 4.96. The molecule has 0 unspecified atom stereocenters. The molecule has 120 valence electrons. The highest BCUT2D eigenvalue weighted by atomic mass is 19.4. The molecule has 0 spiro atoms. The van der Waals surface area contributed by atoms with Crippen molar-refractivity contribution in [1.82, 2.24) is 0 Å². The van der Waals surface area contributed by atoms with Gasteiger partial charge in [-0.05, 0) is 0 Å². The van der Waals surface area contributed by atoms with Gasteiger partial charge in [-0.1, -0.05) is 0 Å². The quantitative estimate of drug-likeness (QED) is 0.510. The van der Waals surface area contributed by atoms with Gasteiger partial charge in [-0.15, -0.1) is 0 Å². The normalized spacial score (nSPS) is 13.7. The van der Waals surface area contributed by atoms with Crippen LogP contribution in [0.15, 0.2) is 0 Å². The number of alkyl halides is 8. The van der Waals surface area contributed by atoms with Crippen molar-refractivity contribution in [1.29, 1.82) is 0 Å². The van der Waals surface area contributed by atoms with E-state index < -0.39 is 43.2 Å². The molecular weight excluding hydrogens is 308 g/mol. The molecule has 0 amide bonds. The van der Waals surface area contributed by atoms with E-state index in [1.807, 2.05) is 0 Å². The number of ether oxygens (including phenoxy) is 2. The lowest BCUT2D eigenvalue weighted by Gasteiger charge is -2.31. The van der Waals surface area contributed by atoms with E-state index >= 15 is 0 Å². The molecule has 0 radical (unpaired) electrons. The van der Waals surface area contributed by atoms with Gasteiger partial charge in [-0.2, -0.15) is 26.3 Å². The molecule has 0 bridgehead atoms. The molecule has 0 saturated carbocycles. The van der Waals surface area contributed by atoms with Crippen LogP contribution in [0.2, 0.25) is 0 Å². The third kappa shape index (κ3) is 3.93. The van der Waals surface area contributed by atoms with Crippen molar-refractivity contribution in [3.63, 3.8) is 0 Å². The van der Waals surface area contributed by atoms with Crippen molar-refractivity contribution in [3.8, 4) is 0 Å². The predicted molar refractivity (Wildman–Crippen MR) is 48.3 cm³/mol. The zero-order valence-electron chi connectivity index (χ0n) is 9.95. The number of hydrogen-bond donors (Lipinski definition) is 0. The molecule has 0 rings (SSSR count). The van der Waals surface area contributed by atoms with Gasteiger partial charge < -0.3 is 9.47 Å². The lowest BCUT2D eigenvalue weighted by Crippen LogP contribution is -2.59. The Morgan fingerprint density at radius 2 is 1.60 bits per heavy atom. The van der Waals surface area contributed by atoms with Gasteiger partial charge in [0, 0.05) is 7.11 Å². The summed E-state index contributed by atoms with van der Waals surface area (Å²) in [6, 6.07) is 0. The van der Waals surface area contributed by atoms with Crippen LogP contribution in [0, 0.1) is 0 Å². The van der Waals surface area contributed by atoms with Crippen LogP contribution in [-0.4, -0.2) is 50.5 Å². The first kappa shape index (κ1) is 18.9. The average Bonchev–Trinajstić information content (AvgIpc) is 2.33. The summed E-state index contributed by atoms with van der Waals surface area (Å²) in [5.41, 5.74) is 0. The highest BCUT2D eigenvalue weighted by molar-refractivity contribution is 5.69. The Labute approximate surface area is 107 Å². The van der Waals surface area contributed by atoms with Crippen LogP contribution < -0.4 is 0 Å². The van der Waals surface area contributed by atoms with E-state index in [-0.39, 0.29) is 6.61 Å². The van der Waals surface area contributed by atoms with Gasteiger partial charge in [0.05, 0.1) is 13.0 Å². The van der Waals surface area contributed by atoms with Crippen LogP contribution >= 0.6 is 0 Å². The molecule has 0 aromatic heterocycles. The Kier molecular flexibility index (Phi) is 6.18. The monoisotopic (exact) mass is 318 g/mol. The molecule has 0 heterocycles. The average molecular weight is 318 g/mol. The molecule has 20 heavy (non-hydrogen) atoms. The summed E-state index contributed by atoms with van der Waals surface area (Å²) in [6.07, 6.45) is -5.60. The minimum absolute atomic E-state index is 0.284. The third-order valence-electron chi connectivity index (χ3n) is 2.08. The first-order valence-corrected chi connectivity index (χ1v) is 4.96. The zero-order valence-corrected chi connectivity index (χ0v) is 9.95. The van der Waals surface area contributed by atoms with Gasteiger partial charge in [0.2, 0.25) is 0 Å². The molecule has 0 aromatic rings. The van der Waals surface area contributed by atoms with E-state index in [0.717, 1.165) is 7.11 Å². The van der Waals surface area contributed by atoms with E-state index in [4.69, 9.17) is 0 Å². The summed E-state index contributed by atoms with van der Waals surface area (Å²) in [5, 5.41) is 0. The number of carbonyl (C=O) groups excluding carboxylic acids is 1. The highest BCUT2D eigenvalue weighted by Gasteiger charge is 2.75. The molecule has 0 aliphatic carbocycles. The van der Waals surface area contributed by atoms with Crippen molar-refractivity contribution >= 4 is 5.97 Å². The summed E-state index contributed by atoms with van der Waals surface area (Å²) in [6.45, 7) is -2.74. The Bertz CT molecular complexity index is 331. The van der Waals surface area contributed by atoms with Crippen LogP contribution in [0.1, 0.15) is 6.42 Å². The summed E-state index contributed by atoms with van der Waals surface area (Å²) >= 11 is 0. The molecule has 0 aliphatic heterocycles. The number of carbonyl (C=O) groups is 1. The number of halogens is 8. The van der Waals surface area contributed by atoms with Crippen LogP contribution in [0.25, 0.3) is 0 Å². The van der Waals surface area contributed by atoms with Crippen molar-refractivity contribution in [3.05, 3.63) is 0 Å². The number of esters is 1. The number of rotatable bonds is 8. The van der Waals surface area contributed by atoms with Gasteiger partial charge in [0.25, 0.3) is 0 Å². The SMILES string of the molecule is COCCC(=O)OCC(F)(F)C(F)(F)C(F)(F)C(F)F. The molecule has 3 nitrogen and oxygen atoms in total. The van der Waals surface area contributed by atoms with Crippen LogP contribution in [-0.2, 0) is 14.3 Å². The highest BCUT2D eigenvalue weighted by Crippen LogP contribution is 2.48. The minimum atomic E-state index is -6.38. The fourth-order valence-corrected chi connectivity index (χ4v) is 0.900. The maximum atomic E-state index is 12.9. The van der Waals surface area contributed by atoms with E-state index in [2.05, 4.69) is 9.47 Å². The standard InChI is InChI=1S/C9H10F8O3/c1-19-3-2-5(18)20-4-7(12,13)9(16,17)8(14,15)6(10)11/h6H,2-4H2,1H3. The zero-order chi connectivity index (χ0) is 16.2. The fraction of sp³-hybridized carbons (Fsp3) is 0.889. The smallest absolute Gasteiger partial charge is 0.381 e. The van der Waals surface area contributed by atoms with E-state index in [1.165, 1.54) is 0 Å². The molecule has 0 saturated heterocycles. The lowest BCUT2D eigenvalue weighted by molar-refractivity contribution is -0.344. The topological polar surface area (TPSA) is 35.5 Å². The van der Waals surface area contributed by atoms with Gasteiger partial charge in [0.1, 0.15) is 0 Å². The molecular formula is C9H10F8O3. The Morgan fingerprint density at radius 3 is 2.00 bits per heavy atom.